The minimum atomic E-state index is -1.03. The standard InChI is InChI=1S/C40H38N6O5/c1-3-50-29-19-15-25(16-20-29)23-28-11-7-13-32-35(28)42-46(37(32)27-17-21-30(22-18-27)51-4-2)34(47)24-44-38-36(41-43-44)39(48)45(40(38)49)33-14-8-10-26-9-5-6-12-31(26)33/h5-6,8-10,12,14-23,32,36-38H,3-4,7,11,13,24H2,1-2H3. The van der Waals surface area contributed by atoms with Crippen LogP contribution in [0.15, 0.2) is 112 Å². The molecule has 3 amide bonds. The zero-order valence-corrected chi connectivity index (χ0v) is 28.5. The first-order valence-corrected chi connectivity index (χ1v) is 17.5. The number of benzene rings is 4. The molecule has 0 aromatic heterocycles. The molecule has 4 aliphatic rings. The second kappa shape index (κ2) is 13.5. The minimum absolute atomic E-state index is 0.0286. The van der Waals surface area contributed by atoms with Crippen molar-refractivity contribution in [1.82, 2.24) is 10.0 Å². The van der Waals surface area contributed by atoms with Gasteiger partial charge < -0.3 is 9.47 Å². The van der Waals surface area contributed by atoms with Gasteiger partial charge in [0.25, 0.3) is 17.7 Å². The van der Waals surface area contributed by atoms with Gasteiger partial charge in [-0.3, -0.25) is 19.4 Å². The number of ether oxygens (including phenoxy) is 2. The first-order chi connectivity index (χ1) is 24.9. The van der Waals surface area contributed by atoms with E-state index >= 15 is 0 Å². The summed E-state index contributed by atoms with van der Waals surface area (Å²) in [5, 5.41) is 18.0. The van der Waals surface area contributed by atoms with E-state index in [9.17, 15) is 14.4 Å². The molecular formula is C40H38N6O5. The van der Waals surface area contributed by atoms with Crippen molar-refractivity contribution >= 4 is 46.0 Å². The van der Waals surface area contributed by atoms with E-state index in [4.69, 9.17) is 14.6 Å². The van der Waals surface area contributed by atoms with Crippen LogP contribution in [0.4, 0.5) is 5.69 Å². The van der Waals surface area contributed by atoms with Gasteiger partial charge in [-0.2, -0.15) is 10.2 Å². The molecule has 4 atom stereocenters. The fourth-order valence-electron chi connectivity index (χ4n) is 7.70. The maximum atomic E-state index is 14.4. The van der Waals surface area contributed by atoms with Gasteiger partial charge in [0, 0.05) is 11.3 Å². The van der Waals surface area contributed by atoms with E-state index in [0.717, 1.165) is 63.9 Å². The van der Waals surface area contributed by atoms with Crippen molar-refractivity contribution in [3.63, 3.8) is 0 Å². The largest absolute Gasteiger partial charge is 0.494 e. The Morgan fingerprint density at radius 3 is 2.29 bits per heavy atom. The molecule has 0 spiro atoms. The number of allylic oxidation sites excluding steroid dienone is 1. The van der Waals surface area contributed by atoms with Gasteiger partial charge in [0.2, 0.25) is 0 Å². The topological polar surface area (TPSA) is 116 Å². The summed E-state index contributed by atoms with van der Waals surface area (Å²) >= 11 is 0. The molecule has 2 fully saturated rings. The zero-order valence-electron chi connectivity index (χ0n) is 28.5. The molecule has 8 rings (SSSR count). The summed E-state index contributed by atoms with van der Waals surface area (Å²) in [7, 11) is 0. The molecular weight excluding hydrogens is 644 g/mol. The molecule has 3 heterocycles. The van der Waals surface area contributed by atoms with Gasteiger partial charge in [-0.25, -0.2) is 9.91 Å². The predicted octanol–water partition coefficient (Wildman–Crippen LogP) is 6.75. The van der Waals surface area contributed by atoms with Gasteiger partial charge in [0.05, 0.1) is 30.7 Å². The fraction of sp³-hybridized carbons (Fsp3) is 0.300. The van der Waals surface area contributed by atoms with E-state index in [0.29, 0.717) is 18.9 Å². The average molecular weight is 683 g/mol. The summed E-state index contributed by atoms with van der Waals surface area (Å²) in [6, 6.07) is 26.5. The van der Waals surface area contributed by atoms with Gasteiger partial charge in [-0.05, 0) is 91.6 Å². The molecule has 0 radical (unpaired) electrons. The number of hydrazone groups is 1. The molecule has 258 valence electrons. The van der Waals surface area contributed by atoms with E-state index in [1.54, 1.807) is 11.1 Å². The lowest BCUT2D eigenvalue weighted by Gasteiger charge is -2.30. The van der Waals surface area contributed by atoms with Crippen molar-refractivity contribution in [2.45, 2.75) is 51.2 Å². The quantitative estimate of drug-likeness (QED) is 0.180. The number of fused-ring (bicyclic) bond motifs is 3. The molecule has 0 bridgehead atoms. The molecule has 4 aromatic carbocycles. The first kappa shape index (κ1) is 32.4. The van der Waals surface area contributed by atoms with Gasteiger partial charge in [0.15, 0.2) is 12.1 Å². The molecule has 4 aromatic rings. The number of rotatable bonds is 9. The van der Waals surface area contributed by atoms with Crippen LogP contribution in [0.5, 0.6) is 11.5 Å². The number of nitrogens with zero attached hydrogens (tertiary/aromatic N) is 6. The van der Waals surface area contributed by atoms with Crippen LogP contribution in [0, 0.1) is 5.92 Å². The normalized spacial score (nSPS) is 23.2. The van der Waals surface area contributed by atoms with Crippen LogP contribution in [0.2, 0.25) is 0 Å². The molecule has 0 N–H and O–H groups in total. The highest BCUT2D eigenvalue weighted by atomic mass is 16.5. The van der Waals surface area contributed by atoms with Crippen molar-refractivity contribution in [2.75, 3.05) is 24.7 Å². The smallest absolute Gasteiger partial charge is 0.264 e. The van der Waals surface area contributed by atoms with Gasteiger partial charge >= 0.3 is 0 Å². The third-order valence-electron chi connectivity index (χ3n) is 9.98. The second-order valence-electron chi connectivity index (χ2n) is 13.0. The van der Waals surface area contributed by atoms with Gasteiger partial charge in [0.1, 0.15) is 18.0 Å². The lowest BCUT2D eigenvalue weighted by atomic mass is 9.77. The highest BCUT2D eigenvalue weighted by molar-refractivity contribution is 6.27. The zero-order chi connectivity index (χ0) is 35.1. The summed E-state index contributed by atoms with van der Waals surface area (Å²) < 4.78 is 11.3. The summed E-state index contributed by atoms with van der Waals surface area (Å²) in [6.07, 6.45) is 4.80. The number of hydrogen-bond donors (Lipinski definition) is 0. The first-order valence-electron chi connectivity index (χ1n) is 17.5. The molecule has 4 unspecified atom stereocenters. The fourth-order valence-corrected chi connectivity index (χ4v) is 7.70. The third kappa shape index (κ3) is 5.82. The Kier molecular flexibility index (Phi) is 8.55. The van der Waals surface area contributed by atoms with Crippen molar-refractivity contribution in [3.05, 3.63) is 108 Å². The SMILES string of the molecule is CCOc1ccc(C=C2CCCC3C2=NN(C(=O)CN2N=NC4C(=O)N(c5cccc6ccccc56)C(=O)C42)C3c2ccc(OCC)cc2)cc1. The molecule has 51 heavy (non-hydrogen) atoms. The van der Waals surface area contributed by atoms with Crippen LogP contribution in [0.25, 0.3) is 16.8 Å². The van der Waals surface area contributed by atoms with Gasteiger partial charge in [-0.15, -0.1) is 0 Å². The Morgan fingerprint density at radius 2 is 1.55 bits per heavy atom. The van der Waals surface area contributed by atoms with Crippen molar-refractivity contribution in [2.24, 2.45) is 21.4 Å². The average Bonchev–Trinajstić information content (AvgIpc) is 3.82. The lowest BCUT2D eigenvalue weighted by Crippen LogP contribution is -2.45. The molecule has 1 saturated heterocycles. The Morgan fingerprint density at radius 1 is 0.843 bits per heavy atom. The lowest BCUT2D eigenvalue weighted by molar-refractivity contribution is -0.136. The van der Waals surface area contributed by atoms with Gasteiger partial charge in [-0.1, -0.05) is 65.9 Å². The van der Waals surface area contributed by atoms with Crippen LogP contribution in [-0.4, -0.2) is 65.3 Å². The second-order valence-corrected chi connectivity index (χ2v) is 13.0. The Labute approximate surface area is 295 Å². The molecule has 1 aliphatic carbocycles. The van der Waals surface area contributed by atoms with E-state index in [2.05, 4.69) is 16.4 Å². The van der Waals surface area contributed by atoms with E-state index in [-0.39, 0.29) is 24.4 Å². The summed E-state index contributed by atoms with van der Waals surface area (Å²) in [6.45, 7) is 4.79. The molecule has 1 saturated carbocycles. The van der Waals surface area contributed by atoms with Crippen LogP contribution < -0.4 is 14.4 Å². The Bertz CT molecular complexity index is 2090. The minimum Gasteiger partial charge on any atom is -0.494 e. The van der Waals surface area contributed by atoms with E-state index in [1.165, 1.54) is 9.91 Å². The Balaban J connectivity index is 1.09. The van der Waals surface area contributed by atoms with Crippen LogP contribution >= 0.6 is 0 Å². The van der Waals surface area contributed by atoms with Crippen molar-refractivity contribution in [1.29, 1.82) is 0 Å². The van der Waals surface area contributed by atoms with Crippen LogP contribution in [-0.2, 0) is 14.4 Å². The monoisotopic (exact) mass is 682 g/mol. The molecule has 3 aliphatic heterocycles. The molecule has 11 nitrogen and oxygen atoms in total. The summed E-state index contributed by atoms with van der Waals surface area (Å²) in [5.74, 6) is 0.295. The van der Waals surface area contributed by atoms with Crippen molar-refractivity contribution in [3.8, 4) is 11.5 Å². The number of carbonyl (C=O) groups excluding carboxylic acids is 3. The van der Waals surface area contributed by atoms with Crippen LogP contribution in [0.3, 0.4) is 0 Å². The Hall–Kier alpha value is -5.84. The predicted molar refractivity (Wildman–Crippen MR) is 193 cm³/mol. The summed E-state index contributed by atoms with van der Waals surface area (Å²) in [4.78, 5) is 43.2. The third-order valence-corrected chi connectivity index (χ3v) is 9.98. The highest BCUT2D eigenvalue weighted by Crippen LogP contribution is 2.45. The van der Waals surface area contributed by atoms with E-state index in [1.807, 2.05) is 98.8 Å². The number of imide groups is 1. The number of hydrogen-bond acceptors (Lipinski definition) is 9. The van der Waals surface area contributed by atoms with Crippen LogP contribution in [0.1, 0.15) is 50.3 Å². The highest BCUT2D eigenvalue weighted by Gasteiger charge is 2.56. The summed E-state index contributed by atoms with van der Waals surface area (Å²) in [5.41, 5.74) is 4.44. The maximum Gasteiger partial charge on any atom is 0.264 e. The van der Waals surface area contributed by atoms with Crippen molar-refractivity contribution < 1.29 is 23.9 Å². The number of amides is 3. The number of carbonyl (C=O) groups is 3. The molecule has 11 heteroatoms. The maximum absolute atomic E-state index is 14.4. The number of anilines is 1. The van der Waals surface area contributed by atoms with E-state index < -0.39 is 23.9 Å².